The van der Waals surface area contributed by atoms with Crippen LogP contribution in [0, 0.1) is 20.8 Å². The van der Waals surface area contributed by atoms with Gasteiger partial charge in [-0.1, -0.05) is 12.1 Å². The van der Waals surface area contributed by atoms with Crippen molar-refractivity contribution in [3.63, 3.8) is 0 Å². The minimum Gasteiger partial charge on any atom is -0.497 e. The lowest BCUT2D eigenvalue weighted by molar-refractivity contribution is -0.119. The van der Waals surface area contributed by atoms with Gasteiger partial charge in [0.2, 0.25) is 12.4 Å². The van der Waals surface area contributed by atoms with Crippen molar-refractivity contribution in [1.29, 1.82) is 0 Å². The van der Waals surface area contributed by atoms with Crippen LogP contribution in [0.5, 0.6) is 5.75 Å². The molecule has 0 radical (unpaired) electrons. The molecule has 1 fully saturated rings. The van der Waals surface area contributed by atoms with Crippen LogP contribution in [0.2, 0.25) is 0 Å². The van der Waals surface area contributed by atoms with Gasteiger partial charge in [-0.2, -0.15) is 0 Å². The zero-order valence-corrected chi connectivity index (χ0v) is 17.9. The number of aliphatic imine (C=N–C) groups is 1. The standard InChI is InChI=1S/C23H28N4O3/c1-16-5-6-17(2)21(13-16)24-23(27-11-9-26(15-28)10-12-27)25-22(29)20-8-7-19(30-4)14-18(20)3/h5-8,13-15H,9-12H2,1-4H3,(H,24,25,29). The second kappa shape index (κ2) is 9.43. The Hall–Kier alpha value is -3.35. The molecule has 1 aliphatic rings. The van der Waals surface area contributed by atoms with Crippen molar-refractivity contribution in [2.24, 2.45) is 4.99 Å². The summed E-state index contributed by atoms with van der Waals surface area (Å²) in [6.07, 6.45) is 0.859. The molecule has 1 saturated heterocycles. The molecular formula is C23H28N4O3. The molecule has 0 unspecified atom stereocenters. The van der Waals surface area contributed by atoms with Crippen molar-refractivity contribution in [3.05, 3.63) is 58.7 Å². The van der Waals surface area contributed by atoms with E-state index in [9.17, 15) is 9.59 Å². The van der Waals surface area contributed by atoms with E-state index >= 15 is 0 Å². The highest BCUT2D eigenvalue weighted by Crippen LogP contribution is 2.21. The second-order valence-electron chi connectivity index (χ2n) is 7.49. The summed E-state index contributed by atoms with van der Waals surface area (Å²) in [7, 11) is 1.60. The third-order valence-electron chi connectivity index (χ3n) is 5.26. The van der Waals surface area contributed by atoms with E-state index in [4.69, 9.17) is 9.73 Å². The number of methoxy groups -OCH3 is 1. The molecule has 7 nitrogen and oxygen atoms in total. The number of aryl methyl sites for hydroxylation is 3. The molecule has 7 heteroatoms. The zero-order valence-electron chi connectivity index (χ0n) is 17.9. The minimum absolute atomic E-state index is 0.225. The monoisotopic (exact) mass is 408 g/mol. The average molecular weight is 409 g/mol. The first kappa shape index (κ1) is 21.4. The van der Waals surface area contributed by atoms with E-state index in [-0.39, 0.29) is 5.91 Å². The molecular weight excluding hydrogens is 380 g/mol. The summed E-state index contributed by atoms with van der Waals surface area (Å²) in [5.41, 5.74) is 4.33. The predicted octanol–water partition coefficient (Wildman–Crippen LogP) is 2.81. The highest BCUT2D eigenvalue weighted by atomic mass is 16.5. The molecule has 1 heterocycles. The number of piperazine rings is 1. The van der Waals surface area contributed by atoms with Gasteiger partial charge >= 0.3 is 0 Å². The Bertz CT molecular complexity index is 963. The van der Waals surface area contributed by atoms with Crippen molar-refractivity contribution in [2.45, 2.75) is 20.8 Å². The Morgan fingerprint density at radius 2 is 1.77 bits per heavy atom. The number of benzene rings is 2. The van der Waals surface area contributed by atoms with Crippen LogP contribution < -0.4 is 10.1 Å². The van der Waals surface area contributed by atoms with Gasteiger partial charge in [0.1, 0.15) is 5.75 Å². The number of guanidine groups is 1. The van der Waals surface area contributed by atoms with Gasteiger partial charge in [-0.15, -0.1) is 0 Å². The molecule has 0 atom stereocenters. The van der Waals surface area contributed by atoms with Gasteiger partial charge in [-0.05, 0) is 61.7 Å². The summed E-state index contributed by atoms with van der Waals surface area (Å²) in [5.74, 6) is 0.977. The molecule has 30 heavy (non-hydrogen) atoms. The SMILES string of the molecule is COc1ccc(C(=O)NC(=Nc2cc(C)ccc2C)N2CCN(C=O)CC2)c(C)c1. The van der Waals surface area contributed by atoms with Crippen LogP contribution in [0.1, 0.15) is 27.0 Å². The molecule has 0 saturated carbocycles. The van der Waals surface area contributed by atoms with E-state index in [0.29, 0.717) is 43.5 Å². The maximum atomic E-state index is 13.1. The van der Waals surface area contributed by atoms with Crippen LogP contribution in [-0.2, 0) is 4.79 Å². The zero-order chi connectivity index (χ0) is 21.7. The average Bonchev–Trinajstić information content (AvgIpc) is 2.75. The van der Waals surface area contributed by atoms with Gasteiger partial charge in [-0.25, -0.2) is 4.99 Å². The fourth-order valence-electron chi connectivity index (χ4n) is 3.36. The highest BCUT2D eigenvalue weighted by molar-refractivity contribution is 6.07. The van der Waals surface area contributed by atoms with Crippen LogP contribution in [0.15, 0.2) is 41.4 Å². The van der Waals surface area contributed by atoms with Gasteiger partial charge in [0, 0.05) is 31.7 Å². The molecule has 0 spiro atoms. The fourth-order valence-corrected chi connectivity index (χ4v) is 3.36. The largest absolute Gasteiger partial charge is 0.497 e. The Morgan fingerprint density at radius 1 is 1.03 bits per heavy atom. The van der Waals surface area contributed by atoms with Gasteiger partial charge < -0.3 is 14.5 Å². The molecule has 0 aromatic heterocycles. The fraction of sp³-hybridized carbons (Fsp3) is 0.348. The molecule has 1 N–H and O–H groups in total. The number of rotatable bonds is 4. The second-order valence-corrected chi connectivity index (χ2v) is 7.49. The molecule has 3 rings (SSSR count). The Balaban J connectivity index is 1.91. The van der Waals surface area contributed by atoms with Crippen molar-refractivity contribution in [2.75, 3.05) is 33.3 Å². The highest BCUT2D eigenvalue weighted by Gasteiger charge is 2.22. The summed E-state index contributed by atoms with van der Waals surface area (Å²) in [6.45, 7) is 8.27. The van der Waals surface area contributed by atoms with E-state index < -0.39 is 0 Å². The van der Waals surface area contributed by atoms with E-state index in [2.05, 4.69) is 5.32 Å². The van der Waals surface area contributed by atoms with Crippen molar-refractivity contribution >= 4 is 24.0 Å². The lowest BCUT2D eigenvalue weighted by atomic mass is 10.1. The smallest absolute Gasteiger partial charge is 0.258 e. The first-order valence-corrected chi connectivity index (χ1v) is 9.97. The Morgan fingerprint density at radius 3 is 2.40 bits per heavy atom. The number of ether oxygens (including phenoxy) is 1. The molecule has 1 aliphatic heterocycles. The number of nitrogens with zero attached hydrogens (tertiary/aromatic N) is 3. The maximum absolute atomic E-state index is 13.1. The van der Waals surface area contributed by atoms with Gasteiger partial charge in [0.15, 0.2) is 0 Å². The number of amides is 2. The third kappa shape index (κ3) is 4.97. The predicted molar refractivity (Wildman–Crippen MR) is 117 cm³/mol. The van der Waals surface area contributed by atoms with Crippen molar-refractivity contribution in [3.8, 4) is 5.75 Å². The van der Waals surface area contributed by atoms with Crippen LogP contribution in [0.25, 0.3) is 0 Å². The van der Waals surface area contributed by atoms with E-state index in [0.717, 1.165) is 28.8 Å². The van der Waals surface area contributed by atoms with Crippen LogP contribution in [0.3, 0.4) is 0 Å². The minimum atomic E-state index is -0.225. The van der Waals surface area contributed by atoms with Crippen molar-refractivity contribution < 1.29 is 14.3 Å². The molecule has 0 aliphatic carbocycles. The first-order valence-electron chi connectivity index (χ1n) is 9.97. The molecule has 2 amide bonds. The molecule has 2 aromatic rings. The van der Waals surface area contributed by atoms with Gasteiger partial charge in [0.05, 0.1) is 12.8 Å². The Labute approximate surface area is 177 Å². The molecule has 0 bridgehead atoms. The van der Waals surface area contributed by atoms with Crippen LogP contribution in [0.4, 0.5) is 5.69 Å². The number of carbonyl (C=O) groups excluding carboxylic acids is 2. The summed E-state index contributed by atoms with van der Waals surface area (Å²) in [4.78, 5) is 32.7. The maximum Gasteiger partial charge on any atom is 0.258 e. The van der Waals surface area contributed by atoms with Crippen LogP contribution >= 0.6 is 0 Å². The lowest BCUT2D eigenvalue weighted by Gasteiger charge is -2.34. The quantitative estimate of drug-likeness (QED) is 0.480. The molecule has 158 valence electrons. The van der Waals surface area contributed by atoms with E-state index in [1.807, 2.05) is 49.9 Å². The normalized spacial score (nSPS) is 14.5. The number of nitrogens with one attached hydrogen (secondary N) is 1. The summed E-state index contributed by atoms with van der Waals surface area (Å²) in [6, 6.07) is 11.4. The van der Waals surface area contributed by atoms with Gasteiger partial charge in [-0.3, -0.25) is 14.9 Å². The van der Waals surface area contributed by atoms with Crippen LogP contribution in [-0.4, -0.2) is 61.4 Å². The third-order valence-corrected chi connectivity index (χ3v) is 5.26. The van der Waals surface area contributed by atoms with Gasteiger partial charge in [0.25, 0.3) is 5.91 Å². The summed E-state index contributed by atoms with van der Waals surface area (Å²) in [5, 5.41) is 3.00. The van der Waals surface area contributed by atoms with Crippen molar-refractivity contribution in [1.82, 2.24) is 15.1 Å². The summed E-state index contributed by atoms with van der Waals surface area (Å²) < 4.78 is 5.23. The number of hydrogen-bond acceptors (Lipinski definition) is 4. The lowest BCUT2D eigenvalue weighted by Crippen LogP contribution is -2.53. The topological polar surface area (TPSA) is 74.2 Å². The number of carbonyl (C=O) groups is 2. The number of hydrogen-bond donors (Lipinski definition) is 1. The Kier molecular flexibility index (Phi) is 6.72. The van der Waals surface area contributed by atoms with E-state index in [1.54, 1.807) is 24.1 Å². The first-order chi connectivity index (χ1) is 14.4. The van der Waals surface area contributed by atoms with E-state index in [1.165, 1.54) is 0 Å². The molecule has 2 aromatic carbocycles. The summed E-state index contributed by atoms with van der Waals surface area (Å²) >= 11 is 0.